The smallest absolute Gasteiger partial charge is 0.246 e. The monoisotopic (exact) mass is 356 g/mol. The standard InChI is InChI=1S/C16H18ClFN2O2S/c17-14-7-4-8-15(16(14)18)23(21,22)20(12-10-19)11-9-13-5-2-1-3-6-13/h1-8H,9-12,19H2. The highest BCUT2D eigenvalue weighted by molar-refractivity contribution is 7.89. The van der Waals surface area contributed by atoms with Crippen LogP contribution in [-0.2, 0) is 16.4 Å². The summed E-state index contributed by atoms with van der Waals surface area (Å²) in [5.41, 5.74) is 6.51. The Morgan fingerprint density at radius 2 is 1.74 bits per heavy atom. The Balaban J connectivity index is 2.26. The molecule has 0 aliphatic carbocycles. The molecule has 2 N–H and O–H groups in total. The van der Waals surface area contributed by atoms with Gasteiger partial charge in [-0.25, -0.2) is 12.8 Å². The van der Waals surface area contributed by atoms with Crippen molar-refractivity contribution in [3.8, 4) is 0 Å². The van der Waals surface area contributed by atoms with Crippen molar-refractivity contribution in [2.24, 2.45) is 5.73 Å². The molecule has 0 radical (unpaired) electrons. The summed E-state index contributed by atoms with van der Waals surface area (Å²) in [4.78, 5) is -0.425. The van der Waals surface area contributed by atoms with Gasteiger partial charge < -0.3 is 5.73 Å². The normalized spacial score (nSPS) is 11.8. The van der Waals surface area contributed by atoms with Gasteiger partial charge in [0.2, 0.25) is 10.0 Å². The zero-order chi connectivity index (χ0) is 16.9. The van der Waals surface area contributed by atoms with Gasteiger partial charge in [0.25, 0.3) is 0 Å². The van der Waals surface area contributed by atoms with Crippen molar-refractivity contribution in [1.82, 2.24) is 4.31 Å². The third kappa shape index (κ3) is 4.29. The number of nitrogens with zero attached hydrogens (tertiary/aromatic N) is 1. The number of benzene rings is 2. The molecule has 0 spiro atoms. The van der Waals surface area contributed by atoms with Gasteiger partial charge in [-0.05, 0) is 24.1 Å². The molecular weight excluding hydrogens is 339 g/mol. The average molecular weight is 357 g/mol. The molecule has 0 atom stereocenters. The Bertz CT molecular complexity index is 754. The molecular formula is C16H18ClFN2O2S. The van der Waals surface area contributed by atoms with E-state index in [-0.39, 0.29) is 24.7 Å². The summed E-state index contributed by atoms with van der Waals surface area (Å²) >= 11 is 5.69. The molecule has 0 amide bonds. The maximum absolute atomic E-state index is 14.1. The summed E-state index contributed by atoms with van der Waals surface area (Å²) in [5.74, 6) is -0.934. The first-order chi connectivity index (χ1) is 11.0. The summed E-state index contributed by atoms with van der Waals surface area (Å²) < 4.78 is 40.7. The van der Waals surface area contributed by atoms with Gasteiger partial charge in [0, 0.05) is 19.6 Å². The second-order valence-corrected chi connectivity index (χ2v) is 7.29. The van der Waals surface area contributed by atoms with Crippen LogP contribution in [0.2, 0.25) is 5.02 Å². The molecule has 0 aliphatic rings. The van der Waals surface area contributed by atoms with Gasteiger partial charge in [0.1, 0.15) is 4.90 Å². The van der Waals surface area contributed by atoms with E-state index in [1.54, 1.807) is 0 Å². The van der Waals surface area contributed by atoms with Crippen LogP contribution < -0.4 is 5.73 Å². The van der Waals surface area contributed by atoms with Crippen molar-refractivity contribution in [1.29, 1.82) is 0 Å². The van der Waals surface area contributed by atoms with Crippen LogP contribution in [0, 0.1) is 5.82 Å². The fraction of sp³-hybridized carbons (Fsp3) is 0.250. The highest BCUT2D eigenvalue weighted by Gasteiger charge is 2.27. The molecule has 124 valence electrons. The van der Waals surface area contributed by atoms with Crippen LogP contribution >= 0.6 is 11.6 Å². The van der Waals surface area contributed by atoms with E-state index >= 15 is 0 Å². The van der Waals surface area contributed by atoms with Crippen LogP contribution in [0.15, 0.2) is 53.4 Å². The van der Waals surface area contributed by atoms with Crippen molar-refractivity contribution < 1.29 is 12.8 Å². The van der Waals surface area contributed by atoms with E-state index in [4.69, 9.17) is 17.3 Å². The fourth-order valence-corrected chi connectivity index (χ4v) is 3.99. The number of hydrogen-bond donors (Lipinski definition) is 1. The first-order valence-corrected chi connectivity index (χ1v) is 8.96. The molecule has 2 aromatic rings. The molecule has 0 unspecified atom stereocenters. The lowest BCUT2D eigenvalue weighted by atomic mass is 10.1. The van der Waals surface area contributed by atoms with Gasteiger partial charge >= 0.3 is 0 Å². The molecule has 0 heterocycles. The van der Waals surface area contributed by atoms with E-state index < -0.39 is 20.7 Å². The highest BCUT2D eigenvalue weighted by Crippen LogP contribution is 2.24. The lowest BCUT2D eigenvalue weighted by Crippen LogP contribution is -2.37. The first kappa shape index (κ1) is 17.9. The second kappa shape index (κ2) is 7.88. The maximum atomic E-state index is 14.1. The van der Waals surface area contributed by atoms with Crippen LogP contribution in [0.25, 0.3) is 0 Å². The van der Waals surface area contributed by atoms with Crippen LogP contribution in [0.1, 0.15) is 5.56 Å². The molecule has 23 heavy (non-hydrogen) atoms. The maximum Gasteiger partial charge on any atom is 0.246 e. The van der Waals surface area contributed by atoms with E-state index in [2.05, 4.69) is 0 Å². The van der Waals surface area contributed by atoms with E-state index in [9.17, 15) is 12.8 Å². The Labute approximate surface area is 140 Å². The van der Waals surface area contributed by atoms with E-state index in [0.29, 0.717) is 6.42 Å². The van der Waals surface area contributed by atoms with E-state index in [0.717, 1.165) is 5.56 Å². The van der Waals surface area contributed by atoms with Crippen LogP contribution in [0.5, 0.6) is 0 Å². The number of rotatable bonds is 7. The van der Waals surface area contributed by atoms with Gasteiger partial charge in [0.05, 0.1) is 5.02 Å². The predicted molar refractivity (Wildman–Crippen MR) is 89.4 cm³/mol. The lowest BCUT2D eigenvalue weighted by Gasteiger charge is -2.22. The molecule has 4 nitrogen and oxygen atoms in total. The lowest BCUT2D eigenvalue weighted by molar-refractivity contribution is 0.418. The van der Waals surface area contributed by atoms with Gasteiger partial charge in [-0.2, -0.15) is 4.31 Å². The van der Waals surface area contributed by atoms with Crippen molar-refractivity contribution in [3.63, 3.8) is 0 Å². The SMILES string of the molecule is NCCN(CCc1ccccc1)S(=O)(=O)c1cccc(Cl)c1F. The van der Waals surface area contributed by atoms with E-state index in [1.165, 1.54) is 22.5 Å². The zero-order valence-corrected chi connectivity index (χ0v) is 14.0. The third-order valence-electron chi connectivity index (χ3n) is 3.41. The molecule has 0 aromatic heterocycles. The summed E-state index contributed by atoms with van der Waals surface area (Å²) in [7, 11) is -3.99. The zero-order valence-electron chi connectivity index (χ0n) is 12.5. The van der Waals surface area contributed by atoms with Gasteiger partial charge in [0.15, 0.2) is 5.82 Å². The Kier molecular flexibility index (Phi) is 6.12. The molecule has 0 bridgehead atoms. The minimum Gasteiger partial charge on any atom is -0.329 e. The Hall–Kier alpha value is -1.47. The third-order valence-corrected chi connectivity index (χ3v) is 5.61. The van der Waals surface area contributed by atoms with Crippen molar-refractivity contribution in [2.45, 2.75) is 11.3 Å². The first-order valence-electron chi connectivity index (χ1n) is 7.15. The predicted octanol–water partition coefficient (Wildman–Crippen LogP) is 2.67. The number of sulfonamides is 1. The highest BCUT2D eigenvalue weighted by atomic mass is 35.5. The Morgan fingerprint density at radius 3 is 2.39 bits per heavy atom. The topological polar surface area (TPSA) is 63.4 Å². The molecule has 7 heteroatoms. The molecule has 2 aromatic carbocycles. The summed E-state index contributed by atoms with van der Waals surface area (Å²) in [6.07, 6.45) is 0.516. The minimum absolute atomic E-state index is 0.112. The molecule has 0 saturated heterocycles. The average Bonchev–Trinajstić information content (AvgIpc) is 2.54. The summed E-state index contributed by atoms with van der Waals surface area (Å²) in [5, 5.41) is -0.221. The van der Waals surface area contributed by atoms with Gasteiger partial charge in [-0.3, -0.25) is 0 Å². The van der Waals surface area contributed by atoms with E-state index in [1.807, 2.05) is 30.3 Å². The summed E-state index contributed by atoms with van der Waals surface area (Å²) in [6, 6.07) is 13.4. The molecule has 0 fully saturated rings. The molecule has 0 aliphatic heterocycles. The number of halogens is 2. The molecule has 2 rings (SSSR count). The minimum atomic E-state index is -3.99. The number of hydrogen-bond acceptors (Lipinski definition) is 3. The second-order valence-electron chi connectivity index (χ2n) is 4.98. The fourth-order valence-electron chi connectivity index (χ4n) is 2.22. The quantitative estimate of drug-likeness (QED) is 0.829. The Morgan fingerprint density at radius 1 is 1.04 bits per heavy atom. The van der Waals surface area contributed by atoms with Crippen LogP contribution in [0.3, 0.4) is 0 Å². The number of nitrogens with two attached hydrogens (primary N) is 1. The largest absolute Gasteiger partial charge is 0.329 e. The van der Waals surface area contributed by atoms with Crippen molar-refractivity contribution >= 4 is 21.6 Å². The van der Waals surface area contributed by atoms with Gasteiger partial charge in [-0.15, -0.1) is 0 Å². The van der Waals surface area contributed by atoms with Crippen LogP contribution in [0.4, 0.5) is 4.39 Å². The van der Waals surface area contributed by atoms with Gasteiger partial charge in [-0.1, -0.05) is 48.0 Å². The van der Waals surface area contributed by atoms with Crippen molar-refractivity contribution in [3.05, 3.63) is 64.9 Å². The van der Waals surface area contributed by atoms with Crippen molar-refractivity contribution in [2.75, 3.05) is 19.6 Å². The molecule has 0 saturated carbocycles. The summed E-state index contributed by atoms with van der Waals surface area (Å²) in [6.45, 7) is 0.479. The van der Waals surface area contributed by atoms with Crippen LogP contribution in [-0.4, -0.2) is 32.4 Å².